The lowest BCUT2D eigenvalue weighted by Gasteiger charge is -2.35. The van der Waals surface area contributed by atoms with Crippen LogP contribution in [0.25, 0.3) is 0 Å². The number of nitrogens with one attached hydrogen (secondary N) is 1. The normalized spacial score (nSPS) is 15.8. The molecule has 1 fully saturated rings. The van der Waals surface area contributed by atoms with Gasteiger partial charge in [-0.05, 0) is 37.2 Å². The zero-order valence-corrected chi connectivity index (χ0v) is 19.4. The maximum absolute atomic E-state index is 13.3. The van der Waals surface area contributed by atoms with Gasteiger partial charge in [-0.3, -0.25) is 14.5 Å². The predicted octanol–water partition coefficient (Wildman–Crippen LogP) is 2.92. The monoisotopic (exact) mass is 444 g/mol. The molecule has 1 N–H and O–H groups in total. The number of likely N-dealkylation sites (N-methyl/N-ethyl adjacent to an activating group) is 1. The lowest BCUT2D eigenvalue weighted by Crippen LogP contribution is -2.48. The molecule has 172 valence electrons. The van der Waals surface area contributed by atoms with Gasteiger partial charge in [0.1, 0.15) is 5.56 Å². The summed E-state index contributed by atoms with van der Waals surface area (Å²) >= 11 is 0. The Hall–Kier alpha value is -3.22. The highest BCUT2D eigenvalue weighted by atomic mass is 16.2. The summed E-state index contributed by atoms with van der Waals surface area (Å²) in [4.78, 5) is 31.1. The first-order valence-electron chi connectivity index (χ1n) is 11.5. The molecular formula is C27H32N4O2. The number of aryl methyl sites for hydroxylation is 1. The number of pyridine rings is 1. The van der Waals surface area contributed by atoms with E-state index in [-0.39, 0.29) is 23.1 Å². The van der Waals surface area contributed by atoms with Crippen LogP contribution in [-0.2, 0) is 6.54 Å². The van der Waals surface area contributed by atoms with Crippen LogP contribution in [0.4, 0.5) is 0 Å². The molecule has 3 aromatic rings. The lowest BCUT2D eigenvalue weighted by molar-refractivity contribution is 0.0905. The first kappa shape index (κ1) is 23.0. The second-order valence-corrected chi connectivity index (χ2v) is 8.88. The Labute approximate surface area is 195 Å². The second kappa shape index (κ2) is 10.6. The highest BCUT2D eigenvalue weighted by molar-refractivity contribution is 5.94. The van der Waals surface area contributed by atoms with E-state index in [0.717, 1.165) is 42.9 Å². The van der Waals surface area contributed by atoms with Gasteiger partial charge in [-0.1, -0.05) is 60.2 Å². The Morgan fingerprint density at radius 2 is 1.73 bits per heavy atom. The molecule has 0 radical (unpaired) electrons. The summed E-state index contributed by atoms with van der Waals surface area (Å²) in [6.07, 6.45) is 1.74. The first-order valence-corrected chi connectivity index (χ1v) is 11.5. The molecule has 1 aliphatic heterocycles. The summed E-state index contributed by atoms with van der Waals surface area (Å²) in [5.41, 5.74) is 3.11. The van der Waals surface area contributed by atoms with Crippen molar-refractivity contribution in [3.05, 3.63) is 106 Å². The first-order chi connectivity index (χ1) is 16.0. The van der Waals surface area contributed by atoms with Crippen LogP contribution in [0, 0.1) is 6.92 Å². The number of benzene rings is 2. The summed E-state index contributed by atoms with van der Waals surface area (Å²) in [5.74, 6) is -0.332. The summed E-state index contributed by atoms with van der Waals surface area (Å²) in [7, 11) is 2.13. The molecule has 1 aromatic heterocycles. The molecule has 1 atom stereocenters. The van der Waals surface area contributed by atoms with Crippen molar-refractivity contribution in [1.82, 2.24) is 19.7 Å². The molecule has 6 nitrogen and oxygen atoms in total. The van der Waals surface area contributed by atoms with Gasteiger partial charge in [0.05, 0.1) is 12.6 Å². The third-order valence-corrected chi connectivity index (χ3v) is 6.24. The van der Waals surface area contributed by atoms with Crippen molar-refractivity contribution in [2.75, 3.05) is 39.8 Å². The fourth-order valence-corrected chi connectivity index (χ4v) is 4.29. The fourth-order valence-electron chi connectivity index (χ4n) is 4.29. The molecule has 0 saturated carbocycles. The molecule has 0 bridgehead atoms. The SMILES string of the molecule is Cc1cccc(Cn2cccc(C(=O)NC(CN3CCN(C)CC3)c3ccccc3)c2=O)c1. The standard InChI is InChI=1S/C27H32N4O2/c1-21-8-6-9-22(18-21)19-31-13-7-12-24(27(31)33)26(32)28-25(23-10-4-3-5-11-23)20-30-16-14-29(2)15-17-30/h3-13,18,25H,14-17,19-20H2,1-2H3,(H,28,32). The van der Waals surface area contributed by atoms with Crippen LogP contribution in [0.15, 0.2) is 77.7 Å². The number of hydrogen-bond donors (Lipinski definition) is 1. The Kier molecular flexibility index (Phi) is 7.37. The van der Waals surface area contributed by atoms with Gasteiger partial charge in [0.15, 0.2) is 0 Å². The minimum absolute atomic E-state index is 0.171. The Morgan fingerprint density at radius 3 is 2.45 bits per heavy atom. The number of amides is 1. The topological polar surface area (TPSA) is 57.6 Å². The van der Waals surface area contributed by atoms with E-state index in [1.807, 2.05) is 55.5 Å². The number of carbonyl (C=O) groups excluding carboxylic acids is 1. The lowest BCUT2D eigenvalue weighted by atomic mass is 10.1. The van der Waals surface area contributed by atoms with Crippen LogP contribution in [0.1, 0.15) is 33.1 Å². The average molecular weight is 445 g/mol. The predicted molar refractivity (Wildman–Crippen MR) is 132 cm³/mol. The van der Waals surface area contributed by atoms with Gasteiger partial charge in [0, 0.05) is 38.9 Å². The van der Waals surface area contributed by atoms with Crippen LogP contribution >= 0.6 is 0 Å². The van der Waals surface area contributed by atoms with Crippen LogP contribution in [0.2, 0.25) is 0 Å². The number of aromatic nitrogens is 1. The third-order valence-electron chi connectivity index (χ3n) is 6.24. The molecule has 6 heteroatoms. The Bertz CT molecular complexity index is 1130. The number of rotatable bonds is 7. The van der Waals surface area contributed by atoms with E-state index in [0.29, 0.717) is 13.1 Å². The van der Waals surface area contributed by atoms with Gasteiger partial charge in [-0.25, -0.2) is 0 Å². The van der Waals surface area contributed by atoms with E-state index in [9.17, 15) is 9.59 Å². The Balaban J connectivity index is 1.53. The van der Waals surface area contributed by atoms with E-state index in [1.54, 1.807) is 22.9 Å². The van der Waals surface area contributed by atoms with Crippen LogP contribution in [0.5, 0.6) is 0 Å². The van der Waals surface area contributed by atoms with Crippen molar-refractivity contribution in [3.8, 4) is 0 Å². The molecule has 0 aliphatic carbocycles. The van der Waals surface area contributed by atoms with Crippen molar-refractivity contribution in [2.45, 2.75) is 19.5 Å². The third kappa shape index (κ3) is 5.97. The highest BCUT2D eigenvalue weighted by Crippen LogP contribution is 2.16. The zero-order valence-electron chi connectivity index (χ0n) is 19.4. The number of piperazine rings is 1. The summed E-state index contributed by atoms with van der Waals surface area (Å²) in [5, 5.41) is 3.14. The minimum atomic E-state index is -0.332. The summed E-state index contributed by atoms with van der Waals surface area (Å²) in [6.45, 7) is 7.13. The number of hydrogen-bond acceptors (Lipinski definition) is 4. The van der Waals surface area contributed by atoms with Gasteiger partial charge < -0.3 is 14.8 Å². The maximum atomic E-state index is 13.3. The van der Waals surface area contributed by atoms with E-state index in [4.69, 9.17) is 0 Å². The quantitative estimate of drug-likeness (QED) is 0.609. The number of nitrogens with zero attached hydrogens (tertiary/aromatic N) is 3. The van der Waals surface area contributed by atoms with Gasteiger partial charge in [0.25, 0.3) is 11.5 Å². The van der Waals surface area contributed by atoms with Gasteiger partial charge in [0.2, 0.25) is 0 Å². The van der Waals surface area contributed by atoms with Gasteiger partial charge in [-0.2, -0.15) is 0 Å². The van der Waals surface area contributed by atoms with Crippen LogP contribution < -0.4 is 10.9 Å². The van der Waals surface area contributed by atoms with Gasteiger partial charge >= 0.3 is 0 Å². The summed E-state index contributed by atoms with van der Waals surface area (Å²) < 4.78 is 1.60. The number of carbonyl (C=O) groups is 1. The molecule has 2 aromatic carbocycles. The fraction of sp³-hybridized carbons (Fsp3) is 0.333. The van der Waals surface area contributed by atoms with E-state index in [1.165, 1.54) is 0 Å². The van der Waals surface area contributed by atoms with Gasteiger partial charge in [-0.15, -0.1) is 0 Å². The van der Waals surface area contributed by atoms with Crippen molar-refractivity contribution in [1.29, 1.82) is 0 Å². The van der Waals surface area contributed by atoms with Crippen molar-refractivity contribution >= 4 is 5.91 Å². The van der Waals surface area contributed by atoms with Crippen molar-refractivity contribution in [2.24, 2.45) is 0 Å². The highest BCUT2D eigenvalue weighted by Gasteiger charge is 2.23. The largest absolute Gasteiger partial charge is 0.344 e. The minimum Gasteiger partial charge on any atom is -0.344 e. The molecule has 0 spiro atoms. The second-order valence-electron chi connectivity index (χ2n) is 8.88. The molecule has 1 saturated heterocycles. The molecule has 33 heavy (non-hydrogen) atoms. The average Bonchev–Trinajstić information content (AvgIpc) is 2.82. The molecule has 1 aliphatic rings. The van der Waals surface area contributed by atoms with E-state index < -0.39 is 0 Å². The molecule has 1 amide bonds. The van der Waals surface area contributed by atoms with E-state index in [2.05, 4.69) is 28.2 Å². The van der Waals surface area contributed by atoms with Crippen LogP contribution in [0.3, 0.4) is 0 Å². The van der Waals surface area contributed by atoms with Crippen LogP contribution in [-0.4, -0.2) is 60.0 Å². The molecular weight excluding hydrogens is 412 g/mol. The van der Waals surface area contributed by atoms with Crippen molar-refractivity contribution in [3.63, 3.8) is 0 Å². The summed E-state index contributed by atoms with van der Waals surface area (Å²) in [6, 6.07) is 21.2. The van der Waals surface area contributed by atoms with Crippen molar-refractivity contribution < 1.29 is 4.79 Å². The maximum Gasteiger partial charge on any atom is 0.263 e. The van der Waals surface area contributed by atoms with E-state index >= 15 is 0 Å². The smallest absolute Gasteiger partial charge is 0.263 e. The molecule has 1 unspecified atom stereocenters. The molecule has 4 rings (SSSR count). The zero-order chi connectivity index (χ0) is 23.2. The molecule has 2 heterocycles. The Morgan fingerprint density at radius 1 is 0.970 bits per heavy atom.